The maximum atomic E-state index is 12.4. The molecule has 2 aromatic rings. The maximum absolute atomic E-state index is 12.4. The summed E-state index contributed by atoms with van der Waals surface area (Å²) in [6, 6.07) is 8.64. The van der Waals surface area contributed by atoms with Crippen LogP contribution >= 0.6 is 11.6 Å². The number of hydrogen-bond donors (Lipinski definition) is 0. The third-order valence-corrected chi connectivity index (χ3v) is 4.81. The fourth-order valence-corrected chi connectivity index (χ4v) is 3.07. The fraction of sp³-hybridized carbons (Fsp3) is 0.444. The Morgan fingerprint density at radius 3 is 2.38 bits per heavy atom. The third-order valence-electron chi connectivity index (χ3n) is 4.44. The van der Waals surface area contributed by atoms with Gasteiger partial charge >= 0.3 is 0 Å². The molecule has 1 aliphatic rings. The quantitative estimate of drug-likeness (QED) is 0.854. The summed E-state index contributed by atoms with van der Waals surface area (Å²) in [5.74, 6) is 0.101. The highest BCUT2D eigenvalue weighted by molar-refractivity contribution is 6.31. The molecule has 0 aliphatic carbocycles. The van der Waals surface area contributed by atoms with Gasteiger partial charge in [0.25, 0.3) is 0 Å². The molecule has 24 heavy (non-hydrogen) atoms. The monoisotopic (exact) mass is 346 g/mol. The molecular weight excluding hydrogens is 324 g/mol. The van der Waals surface area contributed by atoms with Crippen molar-refractivity contribution >= 4 is 17.5 Å². The van der Waals surface area contributed by atoms with Crippen molar-refractivity contribution in [2.45, 2.75) is 26.9 Å². The van der Waals surface area contributed by atoms with Gasteiger partial charge < -0.3 is 4.90 Å². The van der Waals surface area contributed by atoms with E-state index in [4.69, 9.17) is 11.6 Å². The Bertz CT molecular complexity index is 683. The van der Waals surface area contributed by atoms with Crippen molar-refractivity contribution in [2.75, 3.05) is 26.2 Å². The van der Waals surface area contributed by atoms with E-state index >= 15 is 0 Å². The number of hydrogen-bond acceptors (Lipinski definition) is 3. The Kier molecular flexibility index (Phi) is 5.21. The summed E-state index contributed by atoms with van der Waals surface area (Å²) < 4.78 is 1.62. The molecule has 0 spiro atoms. The average Bonchev–Trinajstić information content (AvgIpc) is 2.88. The van der Waals surface area contributed by atoms with Crippen LogP contribution in [0.2, 0.25) is 5.02 Å². The van der Waals surface area contributed by atoms with Gasteiger partial charge in [0.05, 0.1) is 10.7 Å². The highest BCUT2D eigenvalue weighted by Crippen LogP contribution is 2.13. The minimum atomic E-state index is 0.101. The van der Waals surface area contributed by atoms with E-state index in [0.29, 0.717) is 5.02 Å². The molecule has 1 aromatic heterocycles. The number of carbonyl (C=O) groups is 1. The first kappa shape index (κ1) is 17.0. The lowest BCUT2D eigenvalue weighted by Crippen LogP contribution is -2.49. The van der Waals surface area contributed by atoms with E-state index in [1.807, 2.05) is 11.8 Å². The molecular formula is C18H23ClN4O. The number of piperazine rings is 1. The van der Waals surface area contributed by atoms with Gasteiger partial charge in [-0.2, -0.15) is 5.10 Å². The molecule has 1 aliphatic heterocycles. The van der Waals surface area contributed by atoms with E-state index in [1.165, 1.54) is 11.1 Å². The summed E-state index contributed by atoms with van der Waals surface area (Å²) >= 11 is 5.99. The number of benzene rings is 1. The topological polar surface area (TPSA) is 41.4 Å². The lowest BCUT2D eigenvalue weighted by molar-refractivity contribution is -0.133. The SMILES string of the molecule is Cc1ccc(CN2CCN(C(=O)Cn3cc(Cl)c(C)n3)CC2)cc1. The molecule has 6 heteroatoms. The van der Waals surface area contributed by atoms with Crippen molar-refractivity contribution in [1.29, 1.82) is 0 Å². The zero-order valence-corrected chi connectivity index (χ0v) is 15.0. The average molecular weight is 347 g/mol. The van der Waals surface area contributed by atoms with Gasteiger partial charge in [-0.25, -0.2) is 0 Å². The minimum Gasteiger partial charge on any atom is -0.339 e. The third kappa shape index (κ3) is 4.16. The Labute approximate surface area is 147 Å². The second-order valence-corrected chi connectivity index (χ2v) is 6.81. The van der Waals surface area contributed by atoms with Crippen molar-refractivity contribution < 1.29 is 4.79 Å². The van der Waals surface area contributed by atoms with Gasteiger partial charge in [-0.1, -0.05) is 41.4 Å². The lowest BCUT2D eigenvalue weighted by Gasteiger charge is -2.34. The summed E-state index contributed by atoms with van der Waals surface area (Å²) in [6.45, 7) is 8.46. The molecule has 2 heterocycles. The number of halogens is 1. The summed E-state index contributed by atoms with van der Waals surface area (Å²) in [5.41, 5.74) is 3.36. The molecule has 0 N–H and O–H groups in total. The molecule has 5 nitrogen and oxygen atoms in total. The molecule has 3 rings (SSSR count). The number of amides is 1. The zero-order chi connectivity index (χ0) is 17.1. The first-order chi connectivity index (χ1) is 11.5. The number of rotatable bonds is 4. The Morgan fingerprint density at radius 2 is 1.79 bits per heavy atom. The van der Waals surface area contributed by atoms with Crippen LogP contribution in [-0.4, -0.2) is 51.7 Å². The summed E-state index contributed by atoms with van der Waals surface area (Å²) in [7, 11) is 0. The predicted octanol–water partition coefficient (Wildman–Crippen LogP) is 2.50. The summed E-state index contributed by atoms with van der Waals surface area (Å²) in [5, 5.41) is 4.85. The molecule has 1 amide bonds. The van der Waals surface area contributed by atoms with Crippen LogP contribution in [-0.2, 0) is 17.9 Å². The fourth-order valence-electron chi connectivity index (χ4n) is 2.92. The van der Waals surface area contributed by atoms with E-state index in [-0.39, 0.29) is 12.5 Å². The largest absolute Gasteiger partial charge is 0.339 e. The van der Waals surface area contributed by atoms with Gasteiger partial charge in [0, 0.05) is 38.9 Å². The van der Waals surface area contributed by atoms with E-state index in [9.17, 15) is 4.79 Å². The number of nitrogens with zero attached hydrogens (tertiary/aromatic N) is 4. The van der Waals surface area contributed by atoms with Gasteiger partial charge in [0.15, 0.2) is 0 Å². The van der Waals surface area contributed by atoms with E-state index in [1.54, 1.807) is 10.9 Å². The smallest absolute Gasteiger partial charge is 0.244 e. The maximum Gasteiger partial charge on any atom is 0.244 e. The summed E-state index contributed by atoms with van der Waals surface area (Å²) in [6.07, 6.45) is 1.71. The lowest BCUT2D eigenvalue weighted by atomic mass is 10.1. The van der Waals surface area contributed by atoms with Gasteiger partial charge in [-0.3, -0.25) is 14.4 Å². The number of aromatic nitrogens is 2. The molecule has 0 bridgehead atoms. The molecule has 0 atom stereocenters. The standard InChI is InChI=1S/C18H23ClN4O/c1-14-3-5-16(6-4-14)11-21-7-9-22(10-8-21)18(24)13-23-12-17(19)15(2)20-23/h3-6,12H,7-11,13H2,1-2H3. The molecule has 1 saturated heterocycles. The van der Waals surface area contributed by atoms with E-state index < -0.39 is 0 Å². The Morgan fingerprint density at radius 1 is 1.12 bits per heavy atom. The highest BCUT2D eigenvalue weighted by Gasteiger charge is 2.21. The molecule has 1 fully saturated rings. The first-order valence-corrected chi connectivity index (χ1v) is 8.64. The van der Waals surface area contributed by atoms with Gasteiger partial charge in [-0.05, 0) is 19.4 Å². The molecule has 0 radical (unpaired) electrons. The van der Waals surface area contributed by atoms with Crippen LogP contribution in [0.1, 0.15) is 16.8 Å². The van der Waals surface area contributed by atoms with Crippen LogP contribution in [0.25, 0.3) is 0 Å². The van der Waals surface area contributed by atoms with Crippen molar-refractivity contribution in [3.63, 3.8) is 0 Å². The van der Waals surface area contributed by atoms with Crippen molar-refractivity contribution in [2.24, 2.45) is 0 Å². The van der Waals surface area contributed by atoms with Gasteiger partial charge in [0.1, 0.15) is 6.54 Å². The van der Waals surface area contributed by atoms with E-state index in [2.05, 4.69) is 41.2 Å². The van der Waals surface area contributed by atoms with E-state index in [0.717, 1.165) is 38.4 Å². The molecule has 0 unspecified atom stereocenters. The van der Waals surface area contributed by atoms with Crippen molar-refractivity contribution in [3.8, 4) is 0 Å². The van der Waals surface area contributed by atoms with Crippen molar-refractivity contribution in [3.05, 3.63) is 52.3 Å². The Balaban J connectivity index is 1.49. The second kappa shape index (κ2) is 7.36. The van der Waals surface area contributed by atoms with Crippen LogP contribution < -0.4 is 0 Å². The van der Waals surface area contributed by atoms with Crippen LogP contribution in [0.15, 0.2) is 30.5 Å². The normalized spacial score (nSPS) is 15.7. The van der Waals surface area contributed by atoms with Crippen LogP contribution in [0, 0.1) is 13.8 Å². The molecule has 0 saturated carbocycles. The van der Waals surface area contributed by atoms with Gasteiger partial charge in [-0.15, -0.1) is 0 Å². The van der Waals surface area contributed by atoms with Crippen LogP contribution in [0.5, 0.6) is 0 Å². The van der Waals surface area contributed by atoms with Crippen LogP contribution in [0.4, 0.5) is 0 Å². The van der Waals surface area contributed by atoms with Crippen LogP contribution in [0.3, 0.4) is 0 Å². The predicted molar refractivity (Wildman–Crippen MR) is 95.0 cm³/mol. The first-order valence-electron chi connectivity index (χ1n) is 8.26. The van der Waals surface area contributed by atoms with Crippen molar-refractivity contribution in [1.82, 2.24) is 19.6 Å². The second-order valence-electron chi connectivity index (χ2n) is 6.40. The highest BCUT2D eigenvalue weighted by atomic mass is 35.5. The number of aryl methyl sites for hydroxylation is 2. The Hall–Kier alpha value is -1.85. The molecule has 1 aromatic carbocycles. The zero-order valence-electron chi connectivity index (χ0n) is 14.2. The minimum absolute atomic E-state index is 0.101. The van der Waals surface area contributed by atoms with Gasteiger partial charge in [0.2, 0.25) is 5.91 Å². The molecule has 128 valence electrons. The number of carbonyl (C=O) groups excluding carboxylic acids is 1. The summed E-state index contributed by atoms with van der Waals surface area (Å²) in [4.78, 5) is 16.7.